The smallest absolute Gasteiger partial charge is 0.354 e. The van der Waals surface area contributed by atoms with Crippen molar-refractivity contribution in [3.05, 3.63) is 27.8 Å². The van der Waals surface area contributed by atoms with Gasteiger partial charge in [0.1, 0.15) is 6.54 Å². The van der Waals surface area contributed by atoms with E-state index in [-0.39, 0.29) is 21.8 Å². The zero-order valence-corrected chi connectivity index (χ0v) is 16.0. The van der Waals surface area contributed by atoms with Crippen LogP contribution in [0.2, 0.25) is 0 Å². The maximum absolute atomic E-state index is 13.1. The van der Waals surface area contributed by atoms with E-state index in [0.717, 1.165) is 17.5 Å². The van der Waals surface area contributed by atoms with Gasteiger partial charge in [0, 0.05) is 26.2 Å². The Morgan fingerprint density at radius 2 is 2.00 bits per heavy atom. The number of hydrogen-bond donors (Lipinski definition) is 2. The minimum atomic E-state index is -4.63. The Hall–Kier alpha value is -2.37. The third-order valence-electron chi connectivity index (χ3n) is 4.00. The molecule has 3 rings (SSSR count). The molecule has 1 fully saturated rings. The van der Waals surface area contributed by atoms with E-state index in [0.29, 0.717) is 5.69 Å². The first-order valence-corrected chi connectivity index (χ1v) is 8.80. The van der Waals surface area contributed by atoms with Crippen LogP contribution in [0.3, 0.4) is 0 Å². The molecule has 27 heavy (non-hydrogen) atoms. The molecule has 2 N–H and O–H groups in total. The highest BCUT2D eigenvalue weighted by molar-refractivity contribution is 9.10. The average molecular weight is 449 g/mol. The number of alkyl halides is 3. The zero-order chi connectivity index (χ0) is 19.9. The van der Waals surface area contributed by atoms with E-state index < -0.39 is 30.2 Å². The van der Waals surface area contributed by atoms with Crippen LogP contribution in [-0.2, 0) is 24.6 Å². The van der Waals surface area contributed by atoms with Crippen molar-refractivity contribution in [1.82, 2.24) is 24.9 Å². The fourth-order valence-electron chi connectivity index (χ4n) is 2.69. The predicted molar refractivity (Wildman–Crippen MR) is 92.1 cm³/mol. The summed E-state index contributed by atoms with van der Waals surface area (Å²) in [4.78, 5) is 24.2. The number of aryl methyl sites for hydroxylation is 1. The first-order valence-electron chi connectivity index (χ1n) is 8.00. The molecule has 0 spiro atoms. The summed E-state index contributed by atoms with van der Waals surface area (Å²) in [6.07, 6.45) is -1.70. The number of aromatic nitrogens is 4. The molecule has 0 aliphatic heterocycles. The normalized spacial score (nSPS) is 14.3. The van der Waals surface area contributed by atoms with E-state index >= 15 is 0 Å². The minimum absolute atomic E-state index is 0.00777. The number of nitrogens with zero attached hydrogens (tertiary/aromatic N) is 4. The van der Waals surface area contributed by atoms with E-state index in [9.17, 15) is 22.8 Å². The van der Waals surface area contributed by atoms with Crippen molar-refractivity contribution in [1.29, 1.82) is 0 Å². The van der Waals surface area contributed by atoms with Crippen LogP contribution in [0.4, 0.5) is 18.9 Å². The monoisotopic (exact) mass is 448 g/mol. The number of carbonyl (C=O) groups is 2. The maximum atomic E-state index is 13.1. The Kier molecular flexibility index (Phi) is 5.02. The van der Waals surface area contributed by atoms with Crippen molar-refractivity contribution in [3.8, 4) is 0 Å². The summed E-state index contributed by atoms with van der Waals surface area (Å²) < 4.78 is 41.7. The lowest BCUT2D eigenvalue weighted by Crippen LogP contribution is -2.24. The molecule has 0 aromatic carbocycles. The third kappa shape index (κ3) is 3.99. The van der Waals surface area contributed by atoms with Crippen molar-refractivity contribution in [2.24, 2.45) is 7.05 Å². The summed E-state index contributed by atoms with van der Waals surface area (Å²) in [5.74, 6) is -1.17. The molecule has 1 saturated carbocycles. The van der Waals surface area contributed by atoms with Crippen molar-refractivity contribution >= 4 is 33.4 Å². The lowest BCUT2D eigenvalue weighted by atomic mass is 10.2. The van der Waals surface area contributed by atoms with Crippen LogP contribution < -0.4 is 10.6 Å². The number of amides is 2. The maximum Gasteiger partial charge on any atom is 0.436 e. The van der Waals surface area contributed by atoms with Crippen LogP contribution in [0, 0.1) is 0 Å². The largest absolute Gasteiger partial charge is 0.436 e. The highest BCUT2D eigenvalue weighted by Crippen LogP contribution is 2.46. The second kappa shape index (κ2) is 6.98. The summed E-state index contributed by atoms with van der Waals surface area (Å²) in [5.41, 5.74) is -0.523. The number of anilines is 1. The van der Waals surface area contributed by atoms with Gasteiger partial charge in [0.05, 0.1) is 15.9 Å². The molecule has 2 aromatic rings. The summed E-state index contributed by atoms with van der Waals surface area (Å²) in [7, 11) is 3.00. The molecule has 2 aromatic heterocycles. The molecular formula is C15H16BrF3N6O2. The van der Waals surface area contributed by atoms with Crippen LogP contribution in [0.5, 0.6) is 0 Å². The number of nitrogens with one attached hydrogen (secondary N) is 2. The first kappa shape index (κ1) is 19.4. The molecule has 0 radical (unpaired) electrons. The molecule has 0 saturated heterocycles. The summed E-state index contributed by atoms with van der Waals surface area (Å²) in [6, 6.07) is 0. The van der Waals surface area contributed by atoms with Crippen molar-refractivity contribution in [2.45, 2.75) is 31.5 Å². The van der Waals surface area contributed by atoms with Gasteiger partial charge in [0.2, 0.25) is 5.91 Å². The molecule has 0 unspecified atom stereocenters. The van der Waals surface area contributed by atoms with Gasteiger partial charge in [-0.2, -0.15) is 23.4 Å². The third-order valence-corrected chi connectivity index (χ3v) is 4.78. The quantitative estimate of drug-likeness (QED) is 0.733. The van der Waals surface area contributed by atoms with Gasteiger partial charge in [-0.1, -0.05) is 0 Å². The Balaban J connectivity index is 1.84. The van der Waals surface area contributed by atoms with Gasteiger partial charge in [0.25, 0.3) is 5.91 Å². The summed E-state index contributed by atoms with van der Waals surface area (Å²) in [6.45, 7) is -0.414. The van der Waals surface area contributed by atoms with Gasteiger partial charge in [-0.25, -0.2) is 0 Å². The Labute approximate surface area is 160 Å². The molecule has 1 aliphatic rings. The van der Waals surface area contributed by atoms with Gasteiger partial charge >= 0.3 is 6.18 Å². The van der Waals surface area contributed by atoms with Crippen LogP contribution in [0.25, 0.3) is 0 Å². The van der Waals surface area contributed by atoms with Crippen LogP contribution >= 0.6 is 15.9 Å². The molecule has 8 nitrogen and oxygen atoms in total. The lowest BCUT2D eigenvalue weighted by molar-refractivity contribution is -0.142. The second-order valence-electron chi connectivity index (χ2n) is 6.17. The first-order chi connectivity index (χ1) is 12.6. The van der Waals surface area contributed by atoms with E-state index in [1.54, 1.807) is 7.05 Å². The molecule has 2 heterocycles. The summed E-state index contributed by atoms with van der Waals surface area (Å²) in [5, 5.41) is 12.5. The van der Waals surface area contributed by atoms with Crippen molar-refractivity contribution in [3.63, 3.8) is 0 Å². The molecule has 1 aliphatic carbocycles. The fourth-order valence-corrected chi connectivity index (χ4v) is 3.53. The fraction of sp³-hybridized carbons (Fsp3) is 0.467. The number of hydrogen-bond acceptors (Lipinski definition) is 4. The number of carbonyl (C=O) groups excluding carboxylic acids is 2. The SMILES string of the molecule is CNC(=O)c1nn(C)cc1NC(=O)Cn1nc(C(F)(F)F)c(Br)c1C1CC1. The van der Waals surface area contributed by atoms with Crippen molar-refractivity contribution < 1.29 is 22.8 Å². The molecule has 146 valence electrons. The standard InChI is InChI=1S/C15H16BrF3N6O2/c1-20-14(27)11-8(5-24(2)22-11)21-9(26)6-25-12(7-3-4-7)10(16)13(23-25)15(17,18)19/h5,7H,3-4,6H2,1-2H3,(H,20,27)(H,21,26). The number of rotatable bonds is 5. The second-order valence-corrected chi connectivity index (χ2v) is 6.96. The Morgan fingerprint density at radius 3 is 2.56 bits per heavy atom. The Morgan fingerprint density at radius 1 is 1.33 bits per heavy atom. The van der Waals surface area contributed by atoms with Gasteiger partial charge in [-0.3, -0.25) is 19.0 Å². The molecule has 0 bridgehead atoms. The van der Waals surface area contributed by atoms with E-state index in [2.05, 4.69) is 36.8 Å². The highest BCUT2D eigenvalue weighted by atomic mass is 79.9. The number of halogens is 4. The van der Waals surface area contributed by atoms with E-state index in [1.807, 2.05) is 0 Å². The minimum Gasteiger partial charge on any atom is -0.354 e. The topological polar surface area (TPSA) is 93.8 Å². The van der Waals surface area contributed by atoms with Gasteiger partial charge in [-0.05, 0) is 28.8 Å². The molecule has 2 amide bonds. The van der Waals surface area contributed by atoms with Gasteiger partial charge < -0.3 is 10.6 Å². The summed E-state index contributed by atoms with van der Waals surface area (Å²) >= 11 is 2.98. The highest BCUT2D eigenvalue weighted by Gasteiger charge is 2.42. The lowest BCUT2D eigenvalue weighted by Gasteiger charge is -2.08. The molecule has 0 atom stereocenters. The van der Waals surface area contributed by atoms with E-state index in [1.165, 1.54) is 17.9 Å². The molecular weight excluding hydrogens is 433 g/mol. The average Bonchev–Trinajstić information content (AvgIpc) is 3.25. The van der Waals surface area contributed by atoms with Crippen molar-refractivity contribution in [2.75, 3.05) is 12.4 Å². The van der Waals surface area contributed by atoms with Gasteiger partial charge in [-0.15, -0.1) is 0 Å². The van der Waals surface area contributed by atoms with Crippen LogP contribution in [-0.4, -0.2) is 38.4 Å². The Bertz CT molecular complexity index is 900. The predicted octanol–water partition coefficient (Wildman–Crippen LogP) is 2.27. The van der Waals surface area contributed by atoms with Crippen LogP contribution in [0.1, 0.15) is 40.6 Å². The van der Waals surface area contributed by atoms with Crippen LogP contribution in [0.15, 0.2) is 10.7 Å². The molecule has 12 heteroatoms. The van der Waals surface area contributed by atoms with E-state index in [4.69, 9.17) is 0 Å². The van der Waals surface area contributed by atoms with Gasteiger partial charge in [0.15, 0.2) is 11.4 Å². The zero-order valence-electron chi connectivity index (χ0n) is 14.4.